The summed E-state index contributed by atoms with van der Waals surface area (Å²) in [6.07, 6.45) is 3.86. The maximum absolute atomic E-state index is 13.6. The molecule has 0 saturated heterocycles. The fourth-order valence-electron chi connectivity index (χ4n) is 5.49. The van der Waals surface area contributed by atoms with Gasteiger partial charge in [-0.3, -0.25) is 23.9 Å². The predicted octanol–water partition coefficient (Wildman–Crippen LogP) is 3.73. The first-order valence-corrected chi connectivity index (χ1v) is 18.4. The Balaban J connectivity index is 2.06. The Labute approximate surface area is 290 Å². The van der Waals surface area contributed by atoms with E-state index < -0.39 is 36.1 Å². The van der Waals surface area contributed by atoms with Gasteiger partial charge in [-0.1, -0.05) is 41.5 Å². The number of hydrogen-bond donors (Lipinski definition) is 5. The number of rotatable bonds is 21. The lowest BCUT2D eigenvalue weighted by Gasteiger charge is -2.30. The Morgan fingerprint density at radius 2 is 1.52 bits per heavy atom. The molecular weight excluding hydrogens is 632 g/mol. The van der Waals surface area contributed by atoms with E-state index in [9.17, 15) is 24.3 Å². The third-order valence-corrected chi connectivity index (χ3v) is 8.80. The van der Waals surface area contributed by atoms with Gasteiger partial charge in [0.2, 0.25) is 23.6 Å². The maximum Gasteiger partial charge on any atom is 0.242 e. The van der Waals surface area contributed by atoms with Crippen LogP contribution in [0.2, 0.25) is 0 Å². The molecule has 0 fully saturated rings. The minimum Gasteiger partial charge on any atom is -0.467 e. The Bertz CT molecular complexity index is 1300. The summed E-state index contributed by atoms with van der Waals surface area (Å²) in [6.45, 7) is 15.9. The van der Waals surface area contributed by atoms with Crippen molar-refractivity contribution in [1.82, 2.24) is 31.0 Å². The number of furan rings is 1. The van der Waals surface area contributed by atoms with Gasteiger partial charge in [-0.15, -0.1) is 0 Å². The van der Waals surface area contributed by atoms with E-state index in [1.807, 2.05) is 60.8 Å². The van der Waals surface area contributed by atoms with E-state index in [4.69, 9.17) is 4.42 Å². The molecule has 0 radical (unpaired) electrons. The second-order valence-corrected chi connectivity index (χ2v) is 14.8. The number of amides is 4. The molecule has 0 aliphatic heterocycles. The first-order chi connectivity index (χ1) is 22.6. The molecule has 2 rings (SSSR count). The average Bonchev–Trinajstić information content (AvgIpc) is 3.64. The smallest absolute Gasteiger partial charge is 0.242 e. The van der Waals surface area contributed by atoms with E-state index in [-0.39, 0.29) is 48.4 Å². The van der Waals surface area contributed by atoms with E-state index in [1.54, 1.807) is 35.5 Å². The summed E-state index contributed by atoms with van der Waals surface area (Å²) < 4.78 is 7.08. The molecule has 2 heterocycles. The van der Waals surface area contributed by atoms with Gasteiger partial charge in [-0.25, -0.2) is 0 Å². The molecule has 12 nitrogen and oxygen atoms in total. The van der Waals surface area contributed by atoms with Gasteiger partial charge in [-0.05, 0) is 81.6 Å². The van der Waals surface area contributed by atoms with Crippen molar-refractivity contribution >= 4 is 35.4 Å². The van der Waals surface area contributed by atoms with E-state index in [0.717, 1.165) is 11.4 Å². The number of aryl methyl sites for hydroxylation is 2. The largest absolute Gasteiger partial charge is 0.467 e. The molecule has 0 aromatic carbocycles. The van der Waals surface area contributed by atoms with E-state index in [0.29, 0.717) is 37.3 Å². The van der Waals surface area contributed by atoms with Gasteiger partial charge >= 0.3 is 0 Å². The standard InChI is InChI=1S/C35H58N6O6S/c1-21(2)15-29(38-35(46)28(12-14-48-9)37-33(44)24(6)20-41-26(8)18-25(7)40-41)31(42)17-23(5)32(43)39-30(16-22(3)4)34(45)36-19-27-11-10-13-47-27/h10-11,13,18,21-24,28-31,42H,12,14-17,19-20H2,1-9H3,(H,36,45)(H,37,44)(H,38,46)(H,39,43)/t23-,24?,28+,29+,30+,31+/m1/s1. The highest BCUT2D eigenvalue weighted by Crippen LogP contribution is 2.18. The third kappa shape index (κ3) is 14.0. The predicted molar refractivity (Wildman–Crippen MR) is 189 cm³/mol. The van der Waals surface area contributed by atoms with Crippen LogP contribution >= 0.6 is 11.8 Å². The number of thioether (sulfide) groups is 1. The summed E-state index contributed by atoms with van der Waals surface area (Å²) in [5.74, 6) is -0.792. The number of aromatic nitrogens is 2. The van der Waals surface area contributed by atoms with Gasteiger partial charge in [-0.2, -0.15) is 16.9 Å². The highest BCUT2D eigenvalue weighted by molar-refractivity contribution is 7.98. The quantitative estimate of drug-likeness (QED) is 0.132. The fraction of sp³-hybridized carbons (Fsp3) is 0.686. The zero-order valence-corrected chi connectivity index (χ0v) is 31.0. The Morgan fingerprint density at radius 3 is 2.08 bits per heavy atom. The second-order valence-electron chi connectivity index (χ2n) is 13.8. The summed E-state index contributed by atoms with van der Waals surface area (Å²) in [5.41, 5.74) is 1.84. The molecule has 0 saturated carbocycles. The monoisotopic (exact) mass is 690 g/mol. The van der Waals surface area contributed by atoms with Crippen molar-refractivity contribution in [1.29, 1.82) is 0 Å². The Hall–Kier alpha value is -3.32. The maximum atomic E-state index is 13.6. The van der Waals surface area contributed by atoms with Crippen molar-refractivity contribution in [3.63, 3.8) is 0 Å². The molecule has 13 heteroatoms. The molecule has 6 atom stereocenters. The number of carbonyl (C=O) groups excluding carboxylic acids is 4. The zero-order valence-electron chi connectivity index (χ0n) is 30.2. The van der Waals surface area contributed by atoms with Crippen LogP contribution in [0.3, 0.4) is 0 Å². The second kappa shape index (κ2) is 20.3. The van der Waals surface area contributed by atoms with Crippen molar-refractivity contribution in [2.24, 2.45) is 23.7 Å². The van der Waals surface area contributed by atoms with Crippen molar-refractivity contribution in [2.45, 2.75) is 118 Å². The molecule has 0 aliphatic carbocycles. The number of nitrogens with one attached hydrogen (secondary N) is 4. The first-order valence-electron chi connectivity index (χ1n) is 17.0. The van der Waals surface area contributed by atoms with Gasteiger partial charge in [0.15, 0.2) is 0 Å². The van der Waals surface area contributed by atoms with Crippen LogP contribution in [0, 0.1) is 37.5 Å². The molecule has 5 N–H and O–H groups in total. The van der Waals surface area contributed by atoms with Gasteiger partial charge in [0.1, 0.15) is 17.8 Å². The molecule has 4 amide bonds. The number of aliphatic hydroxyl groups excluding tert-OH is 1. The van der Waals surface area contributed by atoms with Crippen LogP contribution < -0.4 is 21.3 Å². The van der Waals surface area contributed by atoms with Crippen molar-refractivity contribution in [3.8, 4) is 0 Å². The van der Waals surface area contributed by atoms with Gasteiger partial charge in [0, 0.05) is 11.6 Å². The van der Waals surface area contributed by atoms with Crippen molar-refractivity contribution in [3.05, 3.63) is 41.6 Å². The van der Waals surface area contributed by atoms with Crippen LogP contribution in [0.1, 0.15) is 84.4 Å². The summed E-state index contributed by atoms with van der Waals surface area (Å²) >= 11 is 1.58. The van der Waals surface area contributed by atoms with Gasteiger partial charge in [0.05, 0.1) is 43.1 Å². The van der Waals surface area contributed by atoms with Crippen LogP contribution in [-0.2, 0) is 32.3 Å². The van der Waals surface area contributed by atoms with E-state index >= 15 is 0 Å². The lowest BCUT2D eigenvalue weighted by Crippen LogP contribution is -2.54. The van der Waals surface area contributed by atoms with Crippen LogP contribution in [0.4, 0.5) is 0 Å². The minimum atomic E-state index is -1.03. The molecular formula is C35H58N6O6S. The molecule has 2 aromatic heterocycles. The number of carbonyl (C=O) groups is 4. The molecule has 1 unspecified atom stereocenters. The van der Waals surface area contributed by atoms with Crippen LogP contribution in [-0.4, -0.2) is 74.8 Å². The normalized spacial score (nSPS) is 15.3. The molecule has 48 heavy (non-hydrogen) atoms. The van der Waals surface area contributed by atoms with Crippen molar-refractivity contribution < 1.29 is 28.7 Å². The summed E-state index contributed by atoms with van der Waals surface area (Å²) in [5, 5.41) is 27.4. The molecule has 0 aliphatic rings. The van der Waals surface area contributed by atoms with Gasteiger partial charge in [0.25, 0.3) is 0 Å². The highest BCUT2D eigenvalue weighted by atomic mass is 32.2. The number of aliphatic hydroxyl groups is 1. The summed E-state index contributed by atoms with van der Waals surface area (Å²) in [6, 6.07) is 3.28. The fourth-order valence-corrected chi connectivity index (χ4v) is 5.96. The van der Waals surface area contributed by atoms with Crippen LogP contribution in [0.25, 0.3) is 0 Å². The minimum absolute atomic E-state index is 0.0768. The lowest BCUT2D eigenvalue weighted by molar-refractivity contribution is -0.133. The zero-order chi connectivity index (χ0) is 36.0. The van der Waals surface area contributed by atoms with E-state index in [2.05, 4.69) is 26.4 Å². The van der Waals surface area contributed by atoms with Crippen LogP contribution in [0.5, 0.6) is 0 Å². The van der Waals surface area contributed by atoms with Crippen molar-refractivity contribution in [2.75, 3.05) is 12.0 Å². The third-order valence-electron chi connectivity index (χ3n) is 8.16. The topological polar surface area (TPSA) is 168 Å². The lowest BCUT2D eigenvalue weighted by atomic mass is 9.91. The molecule has 2 aromatic rings. The molecule has 0 spiro atoms. The summed E-state index contributed by atoms with van der Waals surface area (Å²) in [7, 11) is 0. The highest BCUT2D eigenvalue weighted by Gasteiger charge is 2.31. The van der Waals surface area contributed by atoms with E-state index in [1.165, 1.54) is 6.26 Å². The Kier molecular flexibility index (Phi) is 17.2. The SMILES string of the molecule is CSCC[C@H](NC(=O)C(C)Cn1nc(C)cc1C)C(=O)N[C@@H](CC(C)C)[C@@H](O)C[C@@H](C)C(=O)N[C@@H](CC(C)C)C(=O)NCc1ccco1. The summed E-state index contributed by atoms with van der Waals surface area (Å²) in [4.78, 5) is 53.1. The Morgan fingerprint density at radius 1 is 0.875 bits per heavy atom. The van der Waals surface area contributed by atoms with Gasteiger partial charge < -0.3 is 30.8 Å². The molecule has 0 bridgehead atoms. The first kappa shape index (κ1) is 40.9. The molecule has 270 valence electrons. The average molecular weight is 691 g/mol. The number of hydrogen-bond acceptors (Lipinski definition) is 8. The van der Waals surface area contributed by atoms with Crippen LogP contribution in [0.15, 0.2) is 28.9 Å². The number of nitrogens with zero attached hydrogens (tertiary/aromatic N) is 2.